The number of carbonyl (C=O) groups excluding carboxylic acids is 1. The average molecular weight is 332 g/mol. The molecule has 0 radical (unpaired) electrons. The molecular formula is C19H22ClNO2. The minimum atomic E-state index is -0.149. The number of carbonyl (C=O) groups is 1. The van der Waals surface area contributed by atoms with Crippen LogP contribution >= 0.6 is 11.6 Å². The lowest BCUT2D eigenvalue weighted by Crippen LogP contribution is -2.28. The zero-order valence-corrected chi connectivity index (χ0v) is 14.5. The van der Waals surface area contributed by atoms with Crippen LogP contribution in [0.4, 0.5) is 0 Å². The lowest BCUT2D eigenvalue weighted by Gasteiger charge is -2.22. The van der Waals surface area contributed by atoms with Crippen LogP contribution in [-0.4, -0.2) is 12.5 Å². The van der Waals surface area contributed by atoms with Gasteiger partial charge in [0.1, 0.15) is 5.75 Å². The summed E-state index contributed by atoms with van der Waals surface area (Å²) in [6, 6.07) is 15.2. The first kappa shape index (κ1) is 17.4. The molecule has 1 amide bonds. The minimum Gasteiger partial charge on any atom is -0.483 e. The lowest BCUT2D eigenvalue weighted by molar-refractivity contribution is -0.123. The third-order valence-corrected chi connectivity index (χ3v) is 3.71. The van der Waals surface area contributed by atoms with Crippen molar-refractivity contribution in [3.05, 3.63) is 64.7 Å². The van der Waals surface area contributed by atoms with Gasteiger partial charge in [-0.1, -0.05) is 62.7 Å². The van der Waals surface area contributed by atoms with E-state index in [1.807, 2.05) is 36.4 Å². The van der Waals surface area contributed by atoms with E-state index in [9.17, 15) is 4.79 Å². The smallest absolute Gasteiger partial charge is 0.258 e. The maximum atomic E-state index is 12.0. The highest BCUT2D eigenvalue weighted by Crippen LogP contribution is 2.30. The summed E-state index contributed by atoms with van der Waals surface area (Å²) in [6.45, 7) is 6.82. The van der Waals surface area contributed by atoms with E-state index in [0.29, 0.717) is 11.6 Å². The van der Waals surface area contributed by atoms with Gasteiger partial charge in [0.2, 0.25) is 0 Å². The number of para-hydroxylation sites is 1. The molecule has 0 atom stereocenters. The van der Waals surface area contributed by atoms with Gasteiger partial charge in [0.05, 0.1) is 0 Å². The van der Waals surface area contributed by atoms with Gasteiger partial charge in [0.25, 0.3) is 5.91 Å². The summed E-state index contributed by atoms with van der Waals surface area (Å²) in [7, 11) is 0. The summed E-state index contributed by atoms with van der Waals surface area (Å²) in [6.07, 6.45) is 0. The van der Waals surface area contributed by atoms with E-state index in [1.165, 1.54) is 0 Å². The molecular weight excluding hydrogens is 310 g/mol. The molecule has 0 fully saturated rings. The quantitative estimate of drug-likeness (QED) is 0.885. The fourth-order valence-electron chi connectivity index (χ4n) is 2.21. The fraction of sp³-hybridized carbons (Fsp3) is 0.316. The van der Waals surface area contributed by atoms with Crippen molar-refractivity contribution in [2.24, 2.45) is 0 Å². The van der Waals surface area contributed by atoms with Crippen LogP contribution in [0.2, 0.25) is 5.02 Å². The largest absolute Gasteiger partial charge is 0.483 e. The van der Waals surface area contributed by atoms with Crippen LogP contribution in [0.3, 0.4) is 0 Å². The Morgan fingerprint density at radius 1 is 1.09 bits per heavy atom. The van der Waals surface area contributed by atoms with E-state index in [1.54, 1.807) is 12.1 Å². The predicted molar refractivity (Wildman–Crippen MR) is 93.9 cm³/mol. The molecule has 0 aliphatic carbocycles. The van der Waals surface area contributed by atoms with E-state index >= 15 is 0 Å². The molecule has 122 valence electrons. The lowest BCUT2D eigenvalue weighted by atomic mass is 9.86. The minimum absolute atomic E-state index is 0.000678. The second kappa shape index (κ2) is 7.51. The highest BCUT2D eigenvalue weighted by molar-refractivity contribution is 6.30. The third kappa shape index (κ3) is 5.29. The summed E-state index contributed by atoms with van der Waals surface area (Å²) in [5.74, 6) is 0.602. The van der Waals surface area contributed by atoms with Gasteiger partial charge in [0, 0.05) is 11.6 Å². The van der Waals surface area contributed by atoms with Gasteiger partial charge in [-0.15, -0.1) is 0 Å². The van der Waals surface area contributed by atoms with Crippen LogP contribution in [0.5, 0.6) is 5.75 Å². The monoisotopic (exact) mass is 331 g/mol. The molecule has 0 bridgehead atoms. The summed E-state index contributed by atoms with van der Waals surface area (Å²) in [5, 5.41) is 3.52. The summed E-state index contributed by atoms with van der Waals surface area (Å²) in [4.78, 5) is 12.0. The molecule has 0 aromatic heterocycles. The Morgan fingerprint density at radius 2 is 1.74 bits per heavy atom. The van der Waals surface area contributed by atoms with Crippen LogP contribution in [-0.2, 0) is 16.8 Å². The summed E-state index contributed by atoms with van der Waals surface area (Å²) >= 11 is 5.84. The molecule has 0 aliphatic rings. The second-order valence-corrected chi connectivity index (χ2v) is 6.87. The maximum Gasteiger partial charge on any atom is 0.258 e. The number of hydrogen-bond acceptors (Lipinski definition) is 2. The molecule has 0 aliphatic heterocycles. The standard InChI is InChI=1S/C19H22ClNO2/c1-19(2,3)16-6-4-5-7-17(16)23-13-18(22)21-12-14-8-10-15(20)11-9-14/h4-11H,12-13H2,1-3H3,(H,21,22). The average Bonchev–Trinajstić information content (AvgIpc) is 2.52. The van der Waals surface area contributed by atoms with Crippen molar-refractivity contribution in [3.8, 4) is 5.75 Å². The Kier molecular flexibility index (Phi) is 5.67. The number of rotatable bonds is 5. The Balaban J connectivity index is 1.89. The summed E-state index contributed by atoms with van der Waals surface area (Å²) in [5.41, 5.74) is 2.06. The van der Waals surface area contributed by atoms with Crippen molar-refractivity contribution in [1.82, 2.24) is 5.32 Å². The molecule has 1 N–H and O–H groups in total. The number of benzene rings is 2. The molecule has 23 heavy (non-hydrogen) atoms. The number of amides is 1. The first-order valence-corrected chi connectivity index (χ1v) is 7.97. The molecule has 3 nitrogen and oxygen atoms in total. The van der Waals surface area contributed by atoms with E-state index in [0.717, 1.165) is 16.9 Å². The highest BCUT2D eigenvalue weighted by Gasteiger charge is 2.18. The molecule has 0 saturated carbocycles. The predicted octanol–water partition coefficient (Wildman–Crippen LogP) is 4.33. The van der Waals surface area contributed by atoms with Crippen LogP contribution in [0.15, 0.2) is 48.5 Å². The van der Waals surface area contributed by atoms with Gasteiger partial charge in [-0.2, -0.15) is 0 Å². The first-order valence-electron chi connectivity index (χ1n) is 7.60. The molecule has 0 unspecified atom stereocenters. The van der Waals surface area contributed by atoms with Gasteiger partial charge < -0.3 is 10.1 Å². The number of nitrogens with one attached hydrogen (secondary N) is 1. The molecule has 0 heterocycles. The second-order valence-electron chi connectivity index (χ2n) is 6.44. The number of hydrogen-bond donors (Lipinski definition) is 1. The Morgan fingerprint density at radius 3 is 2.39 bits per heavy atom. The molecule has 0 spiro atoms. The molecule has 2 aromatic rings. The summed E-state index contributed by atoms with van der Waals surface area (Å²) < 4.78 is 5.70. The first-order chi connectivity index (χ1) is 10.9. The molecule has 4 heteroatoms. The van der Waals surface area contributed by atoms with Crippen molar-refractivity contribution < 1.29 is 9.53 Å². The van der Waals surface area contributed by atoms with E-state index < -0.39 is 0 Å². The Hall–Kier alpha value is -2.00. The zero-order chi connectivity index (χ0) is 16.9. The topological polar surface area (TPSA) is 38.3 Å². The zero-order valence-electron chi connectivity index (χ0n) is 13.7. The van der Waals surface area contributed by atoms with Gasteiger partial charge in [0.15, 0.2) is 6.61 Å². The van der Waals surface area contributed by atoms with E-state index in [4.69, 9.17) is 16.3 Å². The van der Waals surface area contributed by atoms with E-state index in [2.05, 4.69) is 26.1 Å². The Bertz CT molecular complexity index is 660. The third-order valence-electron chi connectivity index (χ3n) is 3.46. The van der Waals surface area contributed by atoms with Gasteiger partial charge in [-0.3, -0.25) is 4.79 Å². The molecule has 0 saturated heterocycles. The van der Waals surface area contributed by atoms with Crippen molar-refractivity contribution in [2.45, 2.75) is 32.7 Å². The van der Waals surface area contributed by atoms with Crippen molar-refractivity contribution in [3.63, 3.8) is 0 Å². The number of halogens is 1. The van der Waals surface area contributed by atoms with Gasteiger partial charge in [-0.05, 0) is 34.7 Å². The normalized spacial score (nSPS) is 11.1. The van der Waals surface area contributed by atoms with Gasteiger partial charge in [-0.25, -0.2) is 0 Å². The van der Waals surface area contributed by atoms with Crippen molar-refractivity contribution >= 4 is 17.5 Å². The van der Waals surface area contributed by atoms with Crippen LogP contribution in [0.1, 0.15) is 31.9 Å². The van der Waals surface area contributed by atoms with Crippen LogP contribution in [0, 0.1) is 0 Å². The number of ether oxygens (including phenoxy) is 1. The fourth-order valence-corrected chi connectivity index (χ4v) is 2.34. The Labute approximate surface area is 142 Å². The van der Waals surface area contributed by atoms with Crippen molar-refractivity contribution in [1.29, 1.82) is 0 Å². The van der Waals surface area contributed by atoms with Crippen LogP contribution in [0.25, 0.3) is 0 Å². The molecule has 2 aromatic carbocycles. The van der Waals surface area contributed by atoms with Gasteiger partial charge >= 0.3 is 0 Å². The molecule has 2 rings (SSSR count). The van der Waals surface area contributed by atoms with Crippen LogP contribution < -0.4 is 10.1 Å². The van der Waals surface area contributed by atoms with Crippen molar-refractivity contribution in [2.75, 3.05) is 6.61 Å². The maximum absolute atomic E-state index is 12.0. The van der Waals surface area contributed by atoms with E-state index in [-0.39, 0.29) is 17.9 Å². The SMILES string of the molecule is CC(C)(C)c1ccccc1OCC(=O)NCc1ccc(Cl)cc1. The highest BCUT2D eigenvalue weighted by atomic mass is 35.5.